The Bertz CT molecular complexity index is 420. The van der Waals surface area contributed by atoms with Crippen LogP contribution in [0.25, 0.3) is 0 Å². The van der Waals surface area contributed by atoms with Gasteiger partial charge in [-0.05, 0) is 18.6 Å². The van der Waals surface area contributed by atoms with Crippen molar-refractivity contribution in [3.05, 3.63) is 34.9 Å². The van der Waals surface area contributed by atoms with Crippen molar-refractivity contribution in [1.82, 2.24) is 5.32 Å². The first-order chi connectivity index (χ1) is 8.04. The minimum absolute atomic E-state index is 0.143. The van der Waals surface area contributed by atoms with Crippen molar-refractivity contribution in [2.45, 2.75) is 19.4 Å². The molecule has 0 aliphatic carbocycles. The van der Waals surface area contributed by atoms with Crippen LogP contribution >= 0.6 is 11.6 Å². The zero-order valence-electron chi connectivity index (χ0n) is 9.70. The highest BCUT2D eigenvalue weighted by Gasteiger charge is 2.18. The first-order valence-corrected chi connectivity index (χ1v) is 5.50. The maximum absolute atomic E-state index is 11.4. The summed E-state index contributed by atoms with van der Waals surface area (Å²) >= 11 is 5.99. The van der Waals surface area contributed by atoms with Crippen molar-refractivity contribution in [2.24, 2.45) is 0 Å². The number of halogens is 1. The van der Waals surface area contributed by atoms with E-state index in [4.69, 9.17) is 11.6 Å². The molecule has 0 saturated carbocycles. The van der Waals surface area contributed by atoms with E-state index in [1.54, 1.807) is 6.07 Å². The van der Waals surface area contributed by atoms with Gasteiger partial charge in [0.2, 0.25) is 0 Å². The number of hydrogen-bond donors (Lipinski definition) is 1. The van der Waals surface area contributed by atoms with Crippen LogP contribution in [0.1, 0.15) is 12.5 Å². The molecule has 0 fully saturated rings. The molecule has 1 N–H and O–H groups in total. The molecule has 0 heterocycles. The summed E-state index contributed by atoms with van der Waals surface area (Å²) in [6.45, 7) is 1.41. The van der Waals surface area contributed by atoms with Crippen molar-refractivity contribution in [1.29, 1.82) is 0 Å². The molecule has 1 aromatic rings. The van der Waals surface area contributed by atoms with E-state index in [0.717, 1.165) is 5.56 Å². The highest BCUT2D eigenvalue weighted by molar-refractivity contribution is 6.31. The van der Waals surface area contributed by atoms with Gasteiger partial charge in [-0.15, -0.1) is 0 Å². The van der Waals surface area contributed by atoms with Gasteiger partial charge in [-0.2, -0.15) is 0 Å². The van der Waals surface area contributed by atoms with E-state index in [0.29, 0.717) is 11.4 Å². The highest BCUT2D eigenvalue weighted by Crippen LogP contribution is 2.16. The van der Waals surface area contributed by atoms with Crippen LogP contribution in [0.2, 0.25) is 5.02 Å². The Labute approximate surface area is 105 Å². The lowest BCUT2D eigenvalue weighted by Crippen LogP contribution is -2.41. The average molecular weight is 256 g/mol. The molecule has 92 valence electrons. The minimum atomic E-state index is -0.628. The van der Waals surface area contributed by atoms with Crippen LogP contribution in [0.3, 0.4) is 0 Å². The number of hydrogen-bond acceptors (Lipinski definition) is 3. The Hall–Kier alpha value is -1.55. The fraction of sp³-hybridized carbons (Fsp3) is 0.333. The predicted octanol–water partition coefficient (Wildman–Crippen LogP) is 2.20. The van der Waals surface area contributed by atoms with Crippen LogP contribution < -0.4 is 5.32 Å². The molecule has 0 bridgehead atoms. The number of rotatable bonds is 4. The topological polar surface area (TPSA) is 55.4 Å². The predicted molar refractivity (Wildman–Crippen MR) is 65.2 cm³/mol. The standard InChI is InChI=1S/C12H14ClNO3/c1-8(15)11(14-12(16)17-2)7-9-5-3-4-6-10(9)13/h3-6,11H,7H2,1-2H3,(H,14,16)/t11-/m0/s1. The summed E-state index contributed by atoms with van der Waals surface area (Å²) in [5.41, 5.74) is 0.811. The second kappa shape index (κ2) is 6.25. The smallest absolute Gasteiger partial charge is 0.407 e. The number of methoxy groups -OCH3 is 1. The fourth-order valence-corrected chi connectivity index (χ4v) is 1.59. The molecule has 0 saturated heterocycles. The van der Waals surface area contributed by atoms with E-state index in [1.165, 1.54) is 14.0 Å². The van der Waals surface area contributed by atoms with E-state index in [9.17, 15) is 9.59 Å². The molecule has 5 heteroatoms. The van der Waals surface area contributed by atoms with Crippen LogP contribution in [0.5, 0.6) is 0 Å². The number of ether oxygens (including phenoxy) is 1. The van der Waals surface area contributed by atoms with Gasteiger partial charge in [0.1, 0.15) is 0 Å². The normalized spacial score (nSPS) is 11.7. The van der Waals surface area contributed by atoms with E-state index in [-0.39, 0.29) is 5.78 Å². The van der Waals surface area contributed by atoms with Gasteiger partial charge >= 0.3 is 6.09 Å². The maximum Gasteiger partial charge on any atom is 0.407 e. The Morgan fingerprint density at radius 1 is 1.41 bits per heavy atom. The number of nitrogens with one attached hydrogen (secondary N) is 1. The first kappa shape index (κ1) is 13.5. The Kier molecular flexibility index (Phi) is 4.97. The molecule has 17 heavy (non-hydrogen) atoms. The van der Waals surface area contributed by atoms with E-state index in [1.807, 2.05) is 18.2 Å². The van der Waals surface area contributed by atoms with Crippen molar-refractivity contribution in [3.8, 4) is 0 Å². The van der Waals surface area contributed by atoms with E-state index >= 15 is 0 Å². The SMILES string of the molecule is COC(=O)N[C@@H](Cc1ccccc1Cl)C(C)=O. The molecule has 1 amide bonds. The van der Waals surface area contributed by atoms with Crippen molar-refractivity contribution < 1.29 is 14.3 Å². The van der Waals surface area contributed by atoms with Gasteiger partial charge in [0.25, 0.3) is 0 Å². The number of carbonyl (C=O) groups excluding carboxylic acids is 2. The number of amides is 1. The Morgan fingerprint density at radius 2 is 2.06 bits per heavy atom. The van der Waals surface area contributed by atoms with Gasteiger partial charge in [-0.3, -0.25) is 4.79 Å². The fourth-order valence-electron chi connectivity index (χ4n) is 1.38. The summed E-state index contributed by atoms with van der Waals surface area (Å²) in [6, 6.07) is 6.57. The lowest BCUT2D eigenvalue weighted by atomic mass is 10.0. The zero-order chi connectivity index (χ0) is 12.8. The summed E-state index contributed by atoms with van der Waals surface area (Å²) in [6.07, 6.45) is -0.276. The number of alkyl carbamates (subject to hydrolysis) is 1. The Balaban J connectivity index is 2.77. The third kappa shape index (κ3) is 4.07. The second-order valence-electron chi connectivity index (χ2n) is 3.59. The third-order valence-electron chi connectivity index (χ3n) is 2.35. The average Bonchev–Trinajstić information content (AvgIpc) is 2.30. The number of benzene rings is 1. The largest absolute Gasteiger partial charge is 0.453 e. The van der Waals surface area contributed by atoms with Crippen LogP contribution in [0, 0.1) is 0 Å². The molecule has 1 atom stereocenters. The van der Waals surface area contributed by atoms with Gasteiger partial charge in [-0.25, -0.2) is 4.79 Å². The number of Topliss-reactive ketones (excluding diaryl/α,β-unsaturated/α-hetero) is 1. The van der Waals surface area contributed by atoms with Crippen molar-refractivity contribution in [3.63, 3.8) is 0 Å². The molecule has 1 aromatic carbocycles. The molecule has 0 aromatic heterocycles. The molecule has 0 aliphatic rings. The van der Waals surface area contributed by atoms with Gasteiger partial charge < -0.3 is 10.1 Å². The third-order valence-corrected chi connectivity index (χ3v) is 2.72. The summed E-state index contributed by atoms with van der Waals surface area (Å²) in [7, 11) is 1.25. The lowest BCUT2D eigenvalue weighted by Gasteiger charge is -2.15. The van der Waals surface area contributed by atoms with Crippen LogP contribution in [-0.2, 0) is 16.0 Å². The molecule has 0 unspecified atom stereocenters. The molecular weight excluding hydrogens is 242 g/mol. The molecule has 4 nitrogen and oxygen atoms in total. The van der Waals surface area contributed by atoms with Gasteiger partial charge in [0.15, 0.2) is 5.78 Å². The first-order valence-electron chi connectivity index (χ1n) is 5.13. The number of carbonyl (C=O) groups is 2. The molecule has 0 aliphatic heterocycles. The van der Waals surface area contributed by atoms with E-state index < -0.39 is 12.1 Å². The summed E-state index contributed by atoms with van der Waals surface area (Å²) in [5.74, 6) is -0.143. The summed E-state index contributed by atoms with van der Waals surface area (Å²) in [5, 5.41) is 3.05. The second-order valence-corrected chi connectivity index (χ2v) is 4.00. The van der Waals surface area contributed by atoms with Crippen LogP contribution in [-0.4, -0.2) is 25.0 Å². The van der Waals surface area contributed by atoms with Gasteiger partial charge in [-0.1, -0.05) is 29.8 Å². The van der Waals surface area contributed by atoms with E-state index in [2.05, 4.69) is 10.1 Å². The summed E-state index contributed by atoms with van der Waals surface area (Å²) < 4.78 is 4.46. The quantitative estimate of drug-likeness (QED) is 0.897. The van der Waals surface area contributed by atoms with Crippen LogP contribution in [0.15, 0.2) is 24.3 Å². The molecule has 1 rings (SSSR count). The number of ketones is 1. The molecular formula is C12H14ClNO3. The zero-order valence-corrected chi connectivity index (χ0v) is 10.5. The van der Waals surface area contributed by atoms with Crippen LogP contribution in [0.4, 0.5) is 4.79 Å². The monoisotopic (exact) mass is 255 g/mol. The molecule has 0 spiro atoms. The minimum Gasteiger partial charge on any atom is -0.453 e. The highest BCUT2D eigenvalue weighted by atomic mass is 35.5. The van der Waals surface area contributed by atoms with Gasteiger partial charge in [0.05, 0.1) is 13.2 Å². The summed E-state index contributed by atoms with van der Waals surface area (Å²) in [4.78, 5) is 22.5. The van der Waals surface area contributed by atoms with Crippen molar-refractivity contribution in [2.75, 3.05) is 7.11 Å². The lowest BCUT2D eigenvalue weighted by molar-refractivity contribution is -0.118. The maximum atomic E-state index is 11.4. The van der Waals surface area contributed by atoms with Crippen molar-refractivity contribution >= 4 is 23.5 Å². The molecule has 0 radical (unpaired) electrons. The Morgan fingerprint density at radius 3 is 2.59 bits per heavy atom. The van der Waals surface area contributed by atoms with Gasteiger partial charge in [0, 0.05) is 11.4 Å².